The number of hydrogen-bond acceptors (Lipinski definition) is 9. The number of nitrogens with zero attached hydrogens (tertiary/aromatic N) is 6. The molecule has 0 saturated carbocycles. The van der Waals surface area contributed by atoms with Gasteiger partial charge in [-0.05, 0) is 31.9 Å². The molecule has 2 fully saturated rings. The molecule has 9 nitrogen and oxygen atoms in total. The fourth-order valence-electron chi connectivity index (χ4n) is 5.18. The zero-order chi connectivity index (χ0) is 26.9. The molecule has 5 aliphatic rings. The highest BCUT2D eigenvalue weighted by Crippen LogP contribution is 2.45. The van der Waals surface area contributed by atoms with Crippen molar-refractivity contribution in [3.8, 4) is 11.8 Å². The highest BCUT2D eigenvalue weighted by atomic mass is 35.5. The first-order chi connectivity index (χ1) is 18.3. The van der Waals surface area contributed by atoms with Crippen LogP contribution in [0.1, 0.15) is 43.6 Å². The molecule has 38 heavy (non-hydrogen) atoms. The molecule has 202 valence electrons. The molecule has 2 saturated heterocycles. The van der Waals surface area contributed by atoms with Crippen LogP contribution in [0.2, 0.25) is 0 Å². The molecule has 0 spiro atoms. The van der Waals surface area contributed by atoms with Crippen molar-refractivity contribution in [2.75, 3.05) is 37.7 Å². The second-order valence-corrected chi connectivity index (χ2v) is 10.3. The number of rotatable bonds is 3. The number of alkyl halides is 2. The van der Waals surface area contributed by atoms with Gasteiger partial charge < -0.3 is 19.5 Å². The number of fused-ring (bicyclic) bond motifs is 3. The minimum Gasteiger partial charge on any atom is -0.479 e. The summed E-state index contributed by atoms with van der Waals surface area (Å²) < 4.78 is 37.6. The molecule has 4 aliphatic heterocycles. The van der Waals surface area contributed by atoms with E-state index in [9.17, 15) is 13.9 Å². The fraction of sp³-hybridized carbons (Fsp3) is 0.538. The second kappa shape index (κ2) is 11.1. The monoisotopic (exact) mass is 546 g/mol. The summed E-state index contributed by atoms with van der Waals surface area (Å²) in [6.07, 6.45) is 9.32. The van der Waals surface area contributed by atoms with E-state index in [-0.39, 0.29) is 18.1 Å². The van der Waals surface area contributed by atoms with E-state index in [4.69, 9.17) is 26.3 Å². The van der Waals surface area contributed by atoms with Gasteiger partial charge in [0.1, 0.15) is 6.10 Å². The maximum atomic E-state index is 13.1. The SMILES string of the molecule is CC1(C#N)CN(C2C=C(Cl)C=NC2O)CCO1.FC(F)c1nc2c(c(N3CCCC3)n1)OC1C=CC=CC21. The quantitative estimate of drug-likeness (QED) is 0.614. The van der Waals surface area contributed by atoms with Gasteiger partial charge in [-0.2, -0.15) is 5.26 Å². The van der Waals surface area contributed by atoms with Gasteiger partial charge in [-0.3, -0.25) is 9.89 Å². The topological polar surface area (TPSA) is 107 Å². The molecule has 1 aromatic heterocycles. The summed E-state index contributed by atoms with van der Waals surface area (Å²) in [6, 6.07) is 1.85. The van der Waals surface area contributed by atoms with Crippen molar-refractivity contribution in [2.45, 2.75) is 56.1 Å². The molecule has 1 N–H and O–H groups in total. The smallest absolute Gasteiger partial charge is 0.297 e. The molecule has 6 rings (SSSR count). The first-order valence-corrected chi connectivity index (χ1v) is 13.0. The second-order valence-electron chi connectivity index (χ2n) is 9.89. The number of aliphatic hydroxyl groups excluding tert-OH is 1. The number of allylic oxidation sites excluding steroid dienone is 3. The lowest BCUT2D eigenvalue weighted by atomic mass is 9.96. The van der Waals surface area contributed by atoms with Gasteiger partial charge in [-0.25, -0.2) is 18.7 Å². The summed E-state index contributed by atoms with van der Waals surface area (Å²) in [6.45, 7) is 4.94. The third kappa shape index (κ3) is 5.45. The average molecular weight is 547 g/mol. The van der Waals surface area contributed by atoms with Crippen LogP contribution < -0.4 is 9.64 Å². The van der Waals surface area contributed by atoms with Crippen LogP contribution in [0.3, 0.4) is 0 Å². The lowest BCUT2D eigenvalue weighted by molar-refractivity contribution is -0.0826. The predicted octanol–water partition coefficient (Wildman–Crippen LogP) is 3.48. The van der Waals surface area contributed by atoms with Crippen LogP contribution >= 0.6 is 11.6 Å². The number of nitriles is 1. The molecule has 12 heteroatoms. The van der Waals surface area contributed by atoms with Gasteiger partial charge in [0.25, 0.3) is 6.43 Å². The lowest BCUT2D eigenvalue weighted by Gasteiger charge is -2.40. The largest absolute Gasteiger partial charge is 0.479 e. The predicted molar refractivity (Wildman–Crippen MR) is 138 cm³/mol. The standard InChI is InChI=1S/C15H15F2N3O.C11H14ClN3O2/c16-13(17)14-18-11-9-5-1-2-6-10(9)21-12(11)15(19-14)20-7-3-4-8-20;1-11(6-13)7-15(2-3-17-11)9-4-8(12)5-14-10(9)16/h1-2,5-6,9-10,13H,3-4,7-8H2;4-5,9-10,16H,2-3,7H2,1H3. The Hall–Kier alpha value is -2.91. The number of halogens is 3. The Balaban J connectivity index is 0.000000159. The van der Waals surface area contributed by atoms with Crippen LogP contribution in [0, 0.1) is 11.3 Å². The Kier molecular flexibility index (Phi) is 7.77. The van der Waals surface area contributed by atoms with E-state index in [1.165, 1.54) is 6.21 Å². The molecule has 5 heterocycles. The Bertz CT molecular complexity index is 1210. The maximum absolute atomic E-state index is 13.1. The molecule has 1 aromatic rings. The molecular weight excluding hydrogens is 518 g/mol. The van der Waals surface area contributed by atoms with Crippen molar-refractivity contribution in [3.05, 3.63) is 46.9 Å². The average Bonchev–Trinajstić information content (AvgIpc) is 3.58. The zero-order valence-electron chi connectivity index (χ0n) is 20.9. The highest BCUT2D eigenvalue weighted by molar-refractivity contribution is 6.39. The minimum absolute atomic E-state index is 0.0909. The van der Waals surface area contributed by atoms with Gasteiger partial charge in [-0.1, -0.05) is 29.8 Å². The zero-order valence-corrected chi connectivity index (χ0v) is 21.6. The van der Waals surface area contributed by atoms with E-state index in [2.05, 4.69) is 21.0 Å². The highest BCUT2D eigenvalue weighted by Gasteiger charge is 2.39. The molecule has 1 aliphatic carbocycles. The summed E-state index contributed by atoms with van der Waals surface area (Å²) in [5, 5.41) is 19.4. The van der Waals surface area contributed by atoms with Crippen LogP contribution in [0.25, 0.3) is 0 Å². The molecular formula is C26H29ClF2N6O3. The molecule has 0 amide bonds. The summed E-state index contributed by atoms with van der Waals surface area (Å²) in [5.74, 6) is 0.617. The molecule has 0 aromatic carbocycles. The van der Waals surface area contributed by atoms with Gasteiger partial charge in [0, 0.05) is 32.4 Å². The summed E-state index contributed by atoms with van der Waals surface area (Å²) in [7, 11) is 0. The number of aliphatic hydroxyl groups is 1. The number of ether oxygens (including phenoxy) is 2. The first-order valence-electron chi connectivity index (χ1n) is 12.6. The van der Waals surface area contributed by atoms with Gasteiger partial charge in [0.05, 0.1) is 35.4 Å². The lowest BCUT2D eigenvalue weighted by Crippen LogP contribution is -2.55. The maximum Gasteiger partial charge on any atom is 0.297 e. The number of morpholine rings is 1. The van der Waals surface area contributed by atoms with E-state index in [0.717, 1.165) is 25.9 Å². The summed E-state index contributed by atoms with van der Waals surface area (Å²) in [4.78, 5) is 16.0. The number of hydrogen-bond donors (Lipinski definition) is 1. The number of anilines is 1. The van der Waals surface area contributed by atoms with E-state index in [1.54, 1.807) is 13.0 Å². The Morgan fingerprint density at radius 2 is 1.97 bits per heavy atom. The number of aromatic nitrogens is 2. The molecule has 0 radical (unpaired) electrons. The van der Waals surface area contributed by atoms with E-state index in [0.29, 0.717) is 42.0 Å². The van der Waals surface area contributed by atoms with Crippen molar-refractivity contribution in [1.82, 2.24) is 14.9 Å². The van der Waals surface area contributed by atoms with E-state index >= 15 is 0 Å². The van der Waals surface area contributed by atoms with Crippen LogP contribution in [0.15, 0.2) is 40.4 Å². The Morgan fingerprint density at radius 1 is 1.21 bits per heavy atom. The van der Waals surface area contributed by atoms with Crippen LogP contribution in [0.4, 0.5) is 14.6 Å². The van der Waals surface area contributed by atoms with Gasteiger partial charge in [0.2, 0.25) is 0 Å². The third-order valence-electron chi connectivity index (χ3n) is 7.09. The number of dihydropyridines is 1. The fourth-order valence-corrected chi connectivity index (χ4v) is 5.36. The van der Waals surface area contributed by atoms with Crippen molar-refractivity contribution in [2.24, 2.45) is 4.99 Å². The molecule has 5 unspecified atom stereocenters. The van der Waals surface area contributed by atoms with Crippen molar-refractivity contribution in [1.29, 1.82) is 5.26 Å². The van der Waals surface area contributed by atoms with Gasteiger partial charge >= 0.3 is 0 Å². The normalized spacial score (nSPS) is 31.7. The summed E-state index contributed by atoms with van der Waals surface area (Å²) >= 11 is 5.88. The van der Waals surface area contributed by atoms with Crippen molar-refractivity contribution in [3.63, 3.8) is 0 Å². The van der Waals surface area contributed by atoms with E-state index < -0.39 is 24.1 Å². The molecule has 0 bridgehead atoms. The van der Waals surface area contributed by atoms with Crippen LogP contribution in [-0.2, 0) is 4.74 Å². The molecule has 5 atom stereocenters. The number of aliphatic imine (C=N–C) groups is 1. The van der Waals surface area contributed by atoms with Gasteiger partial charge in [-0.15, -0.1) is 0 Å². The van der Waals surface area contributed by atoms with Crippen molar-refractivity contribution >= 4 is 23.6 Å². The Labute approximate surface area is 224 Å². The van der Waals surface area contributed by atoms with Gasteiger partial charge in [0.15, 0.2) is 29.2 Å². The van der Waals surface area contributed by atoms with Crippen LogP contribution in [0.5, 0.6) is 5.75 Å². The van der Waals surface area contributed by atoms with E-state index in [1.807, 2.05) is 34.1 Å². The minimum atomic E-state index is -2.67. The summed E-state index contributed by atoms with van der Waals surface area (Å²) in [5.41, 5.74) is -0.243. The van der Waals surface area contributed by atoms with Crippen LogP contribution in [-0.4, -0.2) is 82.9 Å². The first kappa shape index (κ1) is 26.7. The third-order valence-corrected chi connectivity index (χ3v) is 7.32. The van der Waals surface area contributed by atoms with Crippen molar-refractivity contribution < 1.29 is 23.4 Å². The Morgan fingerprint density at radius 3 is 2.71 bits per heavy atom.